The summed E-state index contributed by atoms with van der Waals surface area (Å²) < 4.78 is 0. The second-order valence-electron chi connectivity index (χ2n) is 3.62. The maximum atomic E-state index is 5.48. The van der Waals surface area contributed by atoms with Crippen molar-refractivity contribution in [2.75, 3.05) is 0 Å². The van der Waals surface area contributed by atoms with E-state index in [2.05, 4.69) is 22.0 Å². The molecule has 15 heavy (non-hydrogen) atoms. The van der Waals surface area contributed by atoms with Crippen LogP contribution in [-0.4, -0.2) is 9.97 Å². The molecule has 4 nitrogen and oxygen atoms in total. The monoisotopic (exact) mass is 208 g/mol. The molecule has 1 atom stereocenters. The first-order valence-electron chi connectivity index (χ1n) is 5.44. The van der Waals surface area contributed by atoms with Crippen LogP contribution >= 0.6 is 0 Å². The lowest BCUT2D eigenvalue weighted by Crippen LogP contribution is -2.28. The number of H-pyrrole nitrogens is 1. The van der Waals surface area contributed by atoms with Crippen molar-refractivity contribution in [3.63, 3.8) is 0 Å². The average molecular weight is 208 g/mol. The summed E-state index contributed by atoms with van der Waals surface area (Å²) in [6, 6.07) is 0.142. The van der Waals surface area contributed by atoms with Crippen LogP contribution in [0.2, 0.25) is 0 Å². The lowest BCUT2D eigenvalue weighted by atomic mass is 10.1. The molecule has 84 valence electrons. The van der Waals surface area contributed by atoms with E-state index < -0.39 is 0 Å². The summed E-state index contributed by atoms with van der Waals surface area (Å²) in [7, 11) is 0. The van der Waals surface area contributed by atoms with E-state index in [1.165, 1.54) is 12.8 Å². The van der Waals surface area contributed by atoms with Gasteiger partial charge in [-0.05, 0) is 19.3 Å². The van der Waals surface area contributed by atoms with Gasteiger partial charge in [0.2, 0.25) is 0 Å². The summed E-state index contributed by atoms with van der Waals surface area (Å²) in [5.74, 6) is 6.40. The van der Waals surface area contributed by atoms with Crippen molar-refractivity contribution in [3.05, 3.63) is 30.9 Å². The molecule has 0 fully saturated rings. The van der Waals surface area contributed by atoms with Gasteiger partial charge in [0, 0.05) is 12.4 Å². The van der Waals surface area contributed by atoms with Crippen LogP contribution in [0.1, 0.15) is 44.0 Å². The Hall–Kier alpha value is -1.13. The number of hydrazine groups is 1. The third-order valence-corrected chi connectivity index (χ3v) is 2.45. The molecule has 0 aliphatic heterocycles. The number of rotatable bonds is 8. The van der Waals surface area contributed by atoms with Gasteiger partial charge < -0.3 is 4.98 Å². The van der Waals surface area contributed by atoms with Crippen LogP contribution in [0.3, 0.4) is 0 Å². The number of unbranched alkanes of at least 4 members (excludes halogenated alkanes) is 3. The number of nitrogens with two attached hydrogens (primary N) is 1. The molecular formula is C11H20N4. The minimum absolute atomic E-state index is 0.142. The molecule has 0 saturated heterocycles. The number of nitrogens with one attached hydrogen (secondary N) is 2. The molecule has 4 heteroatoms. The van der Waals surface area contributed by atoms with Gasteiger partial charge in [0.1, 0.15) is 5.82 Å². The molecule has 1 rings (SSSR count). The van der Waals surface area contributed by atoms with E-state index in [-0.39, 0.29) is 6.04 Å². The summed E-state index contributed by atoms with van der Waals surface area (Å²) in [6.45, 7) is 3.70. The van der Waals surface area contributed by atoms with Gasteiger partial charge >= 0.3 is 0 Å². The van der Waals surface area contributed by atoms with E-state index >= 15 is 0 Å². The molecule has 0 saturated carbocycles. The number of aromatic amines is 1. The standard InChI is InChI=1S/C11H20N4/c1-2-3-4-5-6-7-10(15-12)11-13-8-9-14-11/h2,8-10,15H,1,3-7,12H2,(H,13,14). The Morgan fingerprint density at radius 1 is 1.53 bits per heavy atom. The van der Waals surface area contributed by atoms with Crippen LogP contribution in [0.5, 0.6) is 0 Å². The van der Waals surface area contributed by atoms with E-state index in [4.69, 9.17) is 5.84 Å². The predicted molar refractivity (Wildman–Crippen MR) is 61.9 cm³/mol. The summed E-state index contributed by atoms with van der Waals surface area (Å²) in [5, 5.41) is 0. The Balaban J connectivity index is 2.20. The van der Waals surface area contributed by atoms with Crippen LogP contribution in [0.4, 0.5) is 0 Å². The molecule has 0 bridgehead atoms. The Morgan fingerprint density at radius 2 is 2.40 bits per heavy atom. The largest absolute Gasteiger partial charge is 0.347 e. The average Bonchev–Trinajstić information content (AvgIpc) is 2.77. The van der Waals surface area contributed by atoms with Gasteiger partial charge in [-0.3, -0.25) is 5.84 Å². The van der Waals surface area contributed by atoms with Gasteiger partial charge in [-0.15, -0.1) is 6.58 Å². The van der Waals surface area contributed by atoms with Crippen LogP contribution in [0, 0.1) is 0 Å². The van der Waals surface area contributed by atoms with Crippen LogP contribution in [-0.2, 0) is 0 Å². The van der Waals surface area contributed by atoms with Gasteiger partial charge in [-0.25, -0.2) is 10.4 Å². The first-order chi connectivity index (χ1) is 7.38. The van der Waals surface area contributed by atoms with Crippen molar-refractivity contribution < 1.29 is 0 Å². The molecule has 4 N–H and O–H groups in total. The number of nitrogens with zero attached hydrogens (tertiary/aromatic N) is 1. The molecule has 1 heterocycles. The Morgan fingerprint density at radius 3 is 3.00 bits per heavy atom. The van der Waals surface area contributed by atoms with Gasteiger partial charge in [0.15, 0.2) is 0 Å². The van der Waals surface area contributed by atoms with Crippen LogP contribution in [0.15, 0.2) is 25.0 Å². The number of imidazole rings is 1. The molecule has 0 aromatic carbocycles. The lowest BCUT2D eigenvalue weighted by molar-refractivity contribution is 0.466. The van der Waals surface area contributed by atoms with E-state index in [0.29, 0.717) is 0 Å². The molecule has 0 spiro atoms. The quantitative estimate of drug-likeness (QED) is 0.265. The topological polar surface area (TPSA) is 66.7 Å². The molecule has 1 unspecified atom stereocenters. The minimum Gasteiger partial charge on any atom is -0.347 e. The van der Waals surface area contributed by atoms with Gasteiger partial charge in [0.05, 0.1) is 6.04 Å². The number of aromatic nitrogens is 2. The van der Waals surface area contributed by atoms with Crippen molar-refractivity contribution in [3.8, 4) is 0 Å². The fourth-order valence-electron chi connectivity index (χ4n) is 1.58. The van der Waals surface area contributed by atoms with Gasteiger partial charge in [0.25, 0.3) is 0 Å². The zero-order valence-corrected chi connectivity index (χ0v) is 9.08. The van der Waals surface area contributed by atoms with Gasteiger partial charge in [-0.2, -0.15) is 0 Å². The molecule has 0 aliphatic rings. The summed E-state index contributed by atoms with van der Waals surface area (Å²) in [5.41, 5.74) is 2.78. The third-order valence-electron chi connectivity index (χ3n) is 2.45. The van der Waals surface area contributed by atoms with E-state index in [1.54, 1.807) is 6.20 Å². The zero-order valence-electron chi connectivity index (χ0n) is 9.08. The van der Waals surface area contributed by atoms with E-state index in [1.807, 2.05) is 12.3 Å². The van der Waals surface area contributed by atoms with Crippen molar-refractivity contribution >= 4 is 0 Å². The first-order valence-corrected chi connectivity index (χ1v) is 5.44. The fraction of sp³-hybridized carbons (Fsp3) is 0.545. The maximum Gasteiger partial charge on any atom is 0.124 e. The SMILES string of the molecule is C=CCCCCCC(NN)c1ncc[nH]1. The number of hydrogen-bond acceptors (Lipinski definition) is 3. The highest BCUT2D eigenvalue weighted by atomic mass is 15.2. The number of hydrogen-bond donors (Lipinski definition) is 3. The number of allylic oxidation sites excluding steroid dienone is 1. The molecule has 1 aromatic rings. The lowest BCUT2D eigenvalue weighted by Gasteiger charge is -2.12. The summed E-state index contributed by atoms with van der Waals surface area (Å²) in [4.78, 5) is 7.26. The molecule has 0 radical (unpaired) electrons. The normalized spacial score (nSPS) is 12.6. The zero-order chi connectivity index (χ0) is 10.9. The molecule has 0 amide bonds. The molecule has 0 aliphatic carbocycles. The van der Waals surface area contributed by atoms with Crippen molar-refractivity contribution in [2.24, 2.45) is 5.84 Å². The minimum atomic E-state index is 0.142. The fourth-order valence-corrected chi connectivity index (χ4v) is 1.58. The van der Waals surface area contributed by atoms with Crippen molar-refractivity contribution in [1.29, 1.82) is 0 Å². The van der Waals surface area contributed by atoms with Crippen LogP contribution < -0.4 is 11.3 Å². The van der Waals surface area contributed by atoms with Crippen molar-refractivity contribution in [2.45, 2.75) is 38.1 Å². The van der Waals surface area contributed by atoms with E-state index in [9.17, 15) is 0 Å². The Bertz CT molecular complexity index is 256. The second-order valence-corrected chi connectivity index (χ2v) is 3.62. The Labute approximate surface area is 91.0 Å². The highest BCUT2D eigenvalue weighted by Crippen LogP contribution is 2.15. The summed E-state index contributed by atoms with van der Waals surface area (Å²) >= 11 is 0. The second kappa shape index (κ2) is 7.20. The van der Waals surface area contributed by atoms with E-state index in [0.717, 1.165) is 25.1 Å². The van der Waals surface area contributed by atoms with Crippen molar-refractivity contribution in [1.82, 2.24) is 15.4 Å². The highest BCUT2D eigenvalue weighted by Gasteiger charge is 2.10. The maximum absolute atomic E-state index is 5.48. The molecule has 1 aromatic heterocycles. The van der Waals surface area contributed by atoms with Gasteiger partial charge in [-0.1, -0.05) is 18.9 Å². The first kappa shape index (κ1) is 11.9. The predicted octanol–water partition coefficient (Wildman–Crippen LogP) is 2.05. The highest BCUT2D eigenvalue weighted by molar-refractivity contribution is 4.94. The third kappa shape index (κ3) is 4.27. The smallest absolute Gasteiger partial charge is 0.124 e. The van der Waals surface area contributed by atoms with Crippen LogP contribution in [0.25, 0.3) is 0 Å². The molecular weight excluding hydrogens is 188 g/mol. The summed E-state index contributed by atoms with van der Waals surface area (Å²) in [6.07, 6.45) is 11.2. The Kier molecular flexibility index (Phi) is 5.73.